The van der Waals surface area contributed by atoms with Crippen LogP contribution in [-0.2, 0) is 0 Å². The summed E-state index contributed by atoms with van der Waals surface area (Å²) in [6.07, 6.45) is 11.6. The number of alkyl halides is 3. The minimum absolute atomic E-state index is 0.299. The monoisotopic (exact) mass is 364 g/mol. The Bertz CT molecular complexity index is 289. The minimum Gasteiger partial charge on any atom is -0.171 e. The van der Waals surface area contributed by atoms with E-state index >= 15 is 0 Å². The molecule has 0 spiro atoms. The summed E-state index contributed by atoms with van der Waals surface area (Å²) in [4.78, 5) is 0. The van der Waals surface area contributed by atoms with Gasteiger partial charge in [-0.3, -0.25) is 0 Å². The summed E-state index contributed by atoms with van der Waals surface area (Å²) in [5, 5.41) is 0. The first-order valence-electron chi connectivity index (χ1n) is 10.7. The molecular weight excluding hydrogens is 321 g/mol. The van der Waals surface area contributed by atoms with Crippen LogP contribution in [-0.4, -0.2) is 6.18 Å². The van der Waals surface area contributed by atoms with Gasteiger partial charge in [0.05, 0.1) is 0 Å². The lowest BCUT2D eigenvalue weighted by molar-refractivity contribution is -0.135. The number of halogens is 3. The Morgan fingerprint density at radius 3 is 1.40 bits per heavy atom. The summed E-state index contributed by atoms with van der Waals surface area (Å²) in [6.45, 7) is 9.35. The van der Waals surface area contributed by atoms with Crippen LogP contribution in [0.5, 0.6) is 0 Å². The second-order valence-corrected chi connectivity index (χ2v) is 8.89. The van der Waals surface area contributed by atoms with Gasteiger partial charge in [-0.15, -0.1) is 0 Å². The van der Waals surface area contributed by atoms with Gasteiger partial charge < -0.3 is 0 Å². The van der Waals surface area contributed by atoms with Gasteiger partial charge >= 0.3 is 6.18 Å². The van der Waals surface area contributed by atoms with E-state index in [9.17, 15) is 13.2 Å². The van der Waals surface area contributed by atoms with Gasteiger partial charge in [0.15, 0.2) is 0 Å². The molecule has 0 aromatic heterocycles. The molecule has 152 valence electrons. The first-order chi connectivity index (χ1) is 11.7. The Morgan fingerprint density at radius 2 is 1.00 bits per heavy atom. The van der Waals surface area contributed by atoms with E-state index in [0.29, 0.717) is 11.8 Å². The lowest BCUT2D eigenvalue weighted by Gasteiger charge is -2.31. The second-order valence-electron chi connectivity index (χ2n) is 8.89. The Kier molecular flexibility index (Phi) is 13.8. The maximum atomic E-state index is 12.1. The van der Waals surface area contributed by atoms with E-state index in [-0.39, 0.29) is 0 Å². The lowest BCUT2D eigenvalue weighted by Crippen LogP contribution is -2.20. The number of rotatable bonds is 15. The SMILES string of the molecule is CCCCCCCC(CCCCCCCCCC(F)(F)F)C(C)(C)C. The molecule has 25 heavy (non-hydrogen) atoms. The Hall–Kier alpha value is -0.210. The van der Waals surface area contributed by atoms with Crippen molar-refractivity contribution in [1.29, 1.82) is 0 Å². The number of hydrogen-bond donors (Lipinski definition) is 0. The van der Waals surface area contributed by atoms with E-state index in [1.807, 2.05) is 0 Å². The molecular formula is C22H43F3. The summed E-state index contributed by atoms with van der Waals surface area (Å²) in [7, 11) is 0. The van der Waals surface area contributed by atoms with Crippen LogP contribution in [0.1, 0.15) is 124 Å². The average molecular weight is 365 g/mol. The van der Waals surface area contributed by atoms with Crippen LogP contribution in [0, 0.1) is 11.3 Å². The van der Waals surface area contributed by atoms with Crippen LogP contribution in [0.25, 0.3) is 0 Å². The first kappa shape index (κ1) is 24.8. The predicted molar refractivity (Wildman–Crippen MR) is 104 cm³/mol. The van der Waals surface area contributed by atoms with Crippen molar-refractivity contribution >= 4 is 0 Å². The van der Waals surface area contributed by atoms with Gasteiger partial charge in [-0.05, 0) is 30.6 Å². The van der Waals surface area contributed by atoms with Crippen molar-refractivity contribution in [3.8, 4) is 0 Å². The fraction of sp³-hybridized carbons (Fsp3) is 1.00. The lowest BCUT2D eigenvalue weighted by atomic mass is 9.75. The van der Waals surface area contributed by atoms with Gasteiger partial charge in [-0.1, -0.05) is 98.3 Å². The third-order valence-electron chi connectivity index (χ3n) is 5.39. The highest BCUT2D eigenvalue weighted by Gasteiger charge is 2.25. The third kappa shape index (κ3) is 17.0. The molecule has 0 aliphatic heterocycles. The van der Waals surface area contributed by atoms with Crippen molar-refractivity contribution in [1.82, 2.24) is 0 Å². The molecule has 0 saturated heterocycles. The quantitative estimate of drug-likeness (QED) is 0.254. The molecule has 0 N–H and O–H groups in total. The van der Waals surface area contributed by atoms with Crippen molar-refractivity contribution in [3.63, 3.8) is 0 Å². The predicted octanol–water partition coefficient (Wildman–Crippen LogP) is 9.08. The van der Waals surface area contributed by atoms with Gasteiger partial charge in [-0.2, -0.15) is 13.2 Å². The molecule has 3 heteroatoms. The van der Waals surface area contributed by atoms with E-state index in [1.165, 1.54) is 64.2 Å². The molecule has 0 amide bonds. The zero-order valence-electron chi connectivity index (χ0n) is 17.3. The molecule has 0 bridgehead atoms. The van der Waals surface area contributed by atoms with Gasteiger partial charge in [0.25, 0.3) is 0 Å². The largest absolute Gasteiger partial charge is 0.389 e. The van der Waals surface area contributed by atoms with E-state index in [1.54, 1.807) is 0 Å². The van der Waals surface area contributed by atoms with Crippen LogP contribution in [0.4, 0.5) is 13.2 Å². The van der Waals surface area contributed by atoms with Crippen LogP contribution < -0.4 is 0 Å². The highest BCUT2D eigenvalue weighted by Crippen LogP contribution is 2.34. The molecule has 1 atom stereocenters. The number of hydrogen-bond acceptors (Lipinski definition) is 0. The fourth-order valence-corrected chi connectivity index (χ4v) is 3.60. The van der Waals surface area contributed by atoms with E-state index in [4.69, 9.17) is 0 Å². The highest BCUT2D eigenvalue weighted by molar-refractivity contribution is 4.74. The molecule has 0 nitrogen and oxygen atoms in total. The van der Waals surface area contributed by atoms with E-state index < -0.39 is 12.6 Å². The van der Waals surface area contributed by atoms with Gasteiger partial charge in [0, 0.05) is 6.42 Å². The van der Waals surface area contributed by atoms with Crippen LogP contribution in [0.15, 0.2) is 0 Å². The van der Waals surface area contributed by atoms with E-state index in [2.05, 4.69) is 27.7 Å². The van der Waals surface area contributed by atoms with Crippen molar-refractivity contribution in [2.45, 2.75) is 130 Å². The molecule has 0 radical (unpaired) electrons. The first-order valence-corrected chi connectivity index (χ1v) is 10.7. The fourth-order valence-electron chi connectivity index (χ4n) is 3.60. The topological polar surface area (TPSA) is 0 Å². The normalized spacial score (nSPS) is 14.0. The summed E-state index contributed by atoms with van der Waals surface area (Å²) < 4.78 is 36.2. The second kappa shape index (κ2) is 13.9. The zero-order valence-corrected chi connectivity index (χ0v) is 17.3. The molecule has 0 aromatic carbocycles. The van der Waals surface area contributed by atoms with Crippen molar-refractivity contribution in [3.05, 3.63) is 0 Å². The maximum absolute atomic E-state index is 12.1. The summed E-state index contributed by atoms with van der Waals surface area (Å²) >= 11 is 0. The van der Waals surface area contributed by atoms with Crippen molar-refractivity contribution in [2.75, 3.05) is 0 Å². The molecule has 0 heterocycles. The Balaban J connectivity index is 3.68. The zero-order chi connectivity index (χ0) is 19.2. The standard InChI is InChI=1S/C22H43F3/c1-5-6-7-11-14-17-20(21(2,3)4)18-15-12-9-8-10-13-16-19-22(23,24)25/h20H,5-19H2,1-4H3. The Labute approximate surface area is 155 Å². The van der Waals surface area contributed by atoms with Gasteiger partial charge in [0.2, 0.25) is 0 Å². The molecule has 0 aromatic rings. The van der Waals surface area contributed by atoms with Crippen LogP contribution in [0.2, 0.25) is 0 Å². The molecule has 0 aliphatic carbocycles. The molecule has 1 unspecified atom stereocenters. The Morgan fingerprint density at radius 1 is 0.600 bits per heavy atom. The smallest absolute Gasteiger partial charge is 0.171 e. The molecule has 0 fully saturated rings. The van der Waals surface area contributed by atoms with Crippen LogP contribution >= 0.6 is 0 Å². The molecule has 0 saturated carbocycles. The molecule has 0 aliphatic rings. The van der Waals surface area contributed by atoms with E-state index in [0.717, 1.165) is 25.2 Å². The third-order valence-corrected chi connectivity index (χ3v) is 5.39. The minimum atomic E-state index is -3.97. The average Bonchev–Trinajstić information content (AvgIpc) is 2.48. The summed E-state index contributed by atoms with van der Waals surface area (Å²) in [6, 6.07) is 0. The summed E-state index contributed by atoms with van der Waals surface area (Å²) in [5.41, 5.74) is 0.391. The highest BCUT2D eigenvalue weighted by atomic mass is 19.4. The maximum Gasteiger partial charge on any atom is 0.389 e. The van der Waals surface area contributed by atoms with Crippen molar-refractivity contribution in [2.24, 2.45) is 11.3 Å². The van der Waals surface area contributed by atoms with Crippen LogP contribution in [0.3, 0.4) is 0 Å². The van der Waals surface area contributed by atoms with Crippen molar-refractivity contribution < 1.29 is 13.2 Å². The summed E-state index contributed by atoms with van der Waals surface area (Å²) in [5.74, 6) is 0.806. The molecule has 0 rings (SSSR count). The number of unbranched alkanes of at least 4 members (excludes halogenated alkanes) is 10. The van der Waals surface area contributed by atoms with Gasteiger partial charge in [-0.25, -0.2) is 0 Å². The van der Waals surface area contributed by atoms with Gasteiger partial charge in [0.1, 0.15) is 0 Å².